The molecular weight excluding hydrogens is 166 g/mol. The van der Waals surface area contributed by atoms with Gasteiger partial charge in [0.2, 0.25) is 0 Å². The SMILES string of the molecule is CC(C)CCNC(=O)c1ccoc1. The average molecular weight is 181 g/mol. The number of hydrogen-bond acceptors (Lipinski definition) is 2. The summed E-state index contributed by atoms with van der Waals surface area (Å²) in [7, 11) is 0. The van der Waals surface area contributed by atoms with Crippen molar-refractivity contribution < 1.29 is 9.21 Å². The van der Waals surface area contributed by atoms with E-state index in [-0.39, 0.29) is 5.91 Å². The first-order chi connectivity index (χ1) is 6.20. The lowest BCUT2D eigenvalue weighted by atomic mass is 10.1. The van der Waals surface area contributed by atoms with Crippen molar-refractivity contribution in [2.45, 2.75) is 20.3 Å². The standard InChI is InChI=1S/C10H15NO2/c1-8(2)3-5-11-10(12)9-4-6-13-7-9/h4,6-8H,3,5H2,1-2H3,(H,11,12). The molecule has 0 aliphatic carbocycles. The van der Waals surface area contributed by atoms with Gasteiger partial charge in [0, 0.05) is 6.54 Å². The van der Waals surface area contributed by atoms with Gasteiger partial charge in [0.15, 0.2) is 0 Å². The minimum atomic E-state index is -0.0607. The van der Waals surface area contributed by atoms with E-state index in [4.69, 9.17) is 4.42 Å². The second kappa shape index (κ2) is 4.70. The molecule has 0 fully saturated rings. The minimum Gasteiger partial charge on any atom is -0.472 e. The van der Waals surface area contributed by atoms with Crippen LogP contribution in [0, 0.1) is 5.92 Å². The Morgan fingerprint density at radius 3 is 2.92 bits per heavy atom. The van der Waals surface area contributed by atoms with Gasteiger partial charge in [-0.1, -0.05) is 13.8 Å². The van der Waals surface area contributed by atoms with Crippen molar-refractivity contribution >= 4 is 5.91 Å². The van der Waals surface area contributed by atoms with Gasteiger partial charge in [0.1, 0.15) is 6.26 Å². The summed E-state index contributed by atoms with van der Waals surface area (Å²) in [5.74, 6) is 0.555. The zero-order valence-electron chi connectivity index (χ0n) is 8.04. The fourth-order valence-corrected chi connectivity index (χ4v) is 0.970. The maximum atomic E-state index is 11.3. The third-order valence-electron chi connectivity index (χ3n) is 1.79. The molecule has 0 saturated carbocycles. The molecule has 0 aliphatic rings. The Labute approximate surface area is 78.1 Å². The summed E-state index contributed by atoms with van der Waals surface area (Å²) in [5, 5.41) is 2.82. The second-order valence-corrected chi connectivity index (χ2v) is 3.45. The second-order valence-electron chi connectivity index (χ2n) is 3.45. The summed E-state index contributed by atoms with van der Waals surface area (Å²) in [6.07, 6.45) is 3.95. The third kappa shape index (κ3) is 3.32. The van der Waals surface area contributed by atoms with Gasteiger partial charge in [-0.2, -0.15) is 0 Å². The van der Waals surface area contributed by atoms with Gasteiger partial charge in [-0.15, -0.1) is 0 Å². The lowest BCUT2D eigenvalue weighted by Gasteiger charge is -2.05. The molecule has 0 bridgehead atoms. The molecule has 1 amide bonds. The average Bonchev–Trinajstić information content (AvgIpc) is 2.55. The summed E-state index contributed by atoms with van der Waals surface area (Å²) in [6, 6.07) is 1.66. The molecule has 0 saturated heterocycles. The summed E-state index contributed by atoms with van der Waals surface area (Å²) in [5.41, 5.74) is 0.587. The van der Waals surface area contributed by atoms with Crippen LogP contribution in [0.4, 0.5) is 0 Å². The molecule has 0 unspecified atom stereocenters. The molecule has 3 heteroatoms. The largest absolute Gasteiger partial charge is 0.472 e. The van der Waals surface area contributed by atoms with E-state index >= 15 is 0 Å². The summed E-state index contributed by atoms with van der Waals surface area (Å²) >= 11 is 0. The predicted octanol–water partition coefficient (Wildman–Crippen LogP) is 2.06. The fraction of sp³-hybridized carbons (Fsp3) is 0.500. The third-order valence-corrected chi connectivity index (χ3v) is 1.79. The van der Waals surface area contributed by atoms with Crippen molar-refractivity contribution in [3.8, 4) is 0 Å². The van der Waals surface area contributed by atoms with Crippen LogP contribution in [0.15, 0.2) is 23.0 Å². The zero-order valence-corrected chi connectivity index (χ0v) is 8.04. The number of furan rings is 1. The Bertz CT molecular complexity index is 252. The Hall–Kier alpha value is -1.25. The number of nitrogens with one attached hydrogen (secondary N) is 1. The first-order valence-electron chi connectivity index (χ1n) is 4.50. The van der Waals surface area contributed by atoms with Crippen molar-refractivity contribution in [3.05, 3.63) is 24.2 Å². The fourth-order valence-electron chi connectivity index (χ4n) is 0.970. The van der Waals surface area contributed by atoms with Crippen LogP contribution < -0.4 is 5.32 Å². The quantitative estimate of drug-likeness (QED) is 0.772. The Kier molecular flexibility index (Phi) is 3.55. The number of carbonyl (C=O) groups is 1. The smallest absolute Gasteiger partial charge is 0.254 e. The van der Waals surface area contributed by atoms with Crippen molar-refractivity contribution in [1.82, 2.24) is 5.32 Å². The van der Waals surface area contributed by atoms with E-state index in [1.54, 1.807) is 6.07 Å². The highest BCUT2D eigenvalue weighted by Gasteiger charge is 2.05. The molecule has 1 heterocycles. The van der Waals surface area contributed by atoms with Gasteiger partial charge in [0.25, 0.3) is 5.91 Å². The molecule has 0 radical (unpaired) electrons. The molecule has 0 spiro atoms. The summed E-state index contributed by atoms with van der Waals surface area (Å²) in [6.45, 7) is 4.98. The van der Waals surface area contributed by atoms with Gasteiger partial charge < -0.3 is 9.73 Å². The van der Waals surface area contributed by atoms with Crippen LogP contribution in [0.5, 0.6) is 0 Å². The maximum absolute atomic E-state index is 11.3. The number of hydrogen-bond donors (Lipinski definition) is 1. The molecule has 1 aromatic rings. The molecule has 1 N–H and O–H groups in total. The number of carbonyl (C=O) groups excluding carboxylic acids is 1. The highest BCUT2D eigenvalue weighted by atomic mass is 16.3. The van der Waals surface area contributed by atoms with E-state index in [1.807, 2.05) is 0 Å². The molecule has 1 aromatic heterocycles. The molecule has 1 rings (SSSR count). The van der Waals surface area contributed by atoms with E-state index in [1.165, 1.54) is 12.5 Å². The normalized spacial score (nSPS) is 10.4. The van der Waals surface area contributed by atoms with Crippen LogP contribution in [0.2, 0.25) is 0 Å². The van der Waals surface area contributed by atoms with E-state index in [0.29, 0.717) is 11.5 Å². The van der Waals surface area contributed by atoms with E-state index < -0.39 is 0 Å². The van der Waals surface area contributed by atoms with Gasteiger partial charge in [-0.05, 0) is 18.4 Å². The minimum absolute atomic E-state index is 0.0607. The van der Waals surface area contributed by atoms with E-state index in [2.05, 4.69) is 19.2 Å². The first kappa shape index (κ1) is 9.84. The Morgan fingerprint density at radius 2 is 2.38 bits per heavy atom. The van der Waals surface area contributed by atoms with Crippen molar-refractivity contribution in [2.75, 3.05) is 6.54 Å². The van der Waals surface area contributed by atoms with E-state index in [0.717, 1.165) is 13.0 Å². The van der Waals surface area contributed by atoms with Crippen LogP contribution in [0.25, 0.3) is 0 Å². The number of amides is 1. The van der Waals surface area contributed by atoms with Crippen LogP contribution in [0.3, 0.4) is 0 Å². The lowest BCUT2D eigenvalue weighted by Crippen LogP contribution is -2.24. The Morgan fingerprint density at radius 1 is 1.62 bits per heavy atom. The topological polar surface area (TPSA) is 42.2 Å². The summed E-state index contributed by atoms with van der Waals surface area (Å²) < 4.78 is 4.80. The maximum Gasteiger partial charge on any atom is 0.254 e. The van der Waals surface area contributed by atoms with Gasteiger partial charge in [-0.3, -0.25) is 4.79 Å². The Balaban J connectivity index is 2.27. The molecule has 72 valence electrons. The molecule has 0 atom stereocenters. The molecular formula is C10H15NO2. The first-order valence-corrected chi connectivity index (χ1v) is 4.50. The van der Waals surface area contributed by atoms with Gasteiger partial charge in [0.05, 0.1) is 11.8 Å². The molecule has 0 aliphatic heterocycles. The number of rotatable bonds is 4. The van der Waals surface area contributed by atoms with Crippen LogP contribution in [0.1, 0.15) is 30.6 Å². The van der Waals surface area contributed by atoms with Crippen molar-refractivity contribution in [1.29, 1.82) is 0 Å². The molecule has 0 aromatic carbocycles. The highest BCUT2D eigenvalue weighted by molar-refractivity contribution is 5.93. The van der Waals surface area contributed by atoms with Crippen LogP contribution in [-0.4, -0.2) is 12.5 Å². The molecule has 3 nitrogen and oxygen atoms in total. The predicted molar refractivity (Wildman–Crippen MR) is 50.5 cm³/mol. The van der Waals surface area contributed by atoms with Crippen LogP contribution >= 0.6 is 0 Å². The lowest BCUT2D eigenvalue weighted by molar-refractivity contribution is 0.0951. The highest BCUT2D eigenvalue weighted by Crippen LogP contribution is 2.00. The van der Waals surface area contributed by atoms with E-state index in [9.17, 15) is 4.79 Å². The monoisotopic (exact) mass is 181 g/mol. The van der Waals surface area contributed by atoms with Crippen molar-refractivity contribution in [2.24, 2.45) is 5.92 Å². The van der Waals surface area contributed by atoms with Crippen molar-refractivity contribution in [3.63, 3.8) is 0 Å². The zero-order chi connectivity index (χ0) is 9.68. The summed E-state index contributed by atoms with van der Waals surface area (Å²) in [4.78, 5) is 11.3. The molecule has 13 heavy (non-hydrogen) atoms. The van der Waals surface area contributed by atoms with Crippen LogP contribution in [-0.2, 0) is 0 Å². The van der Waals surface area contributed by atoms with Gasteiger partial charge in [-0.25, -0.2) is 0 Å². The van der Waals surface area contributed by atoms with Gasteiger partial charge >= 0.3 is 0 Å².